The number of amides is 2. The molecule has 2 amide bonds. The van der Waals surface area contributed by atoms with Crippen LogP contribution >= 0.6 is 0 Å². The zero-order valence-corrected chi connectivity index (χ0v) is 21.0. The van der Waals surface area contributed by atoms with Gasteiger partial charge in [-0.3, -0.25) is 9.69 Å². The second-order valence-corrected chi connectivity index (χ2v) is 10.5. The molecule has 1 unspecified atom stereocenters. The third-order valence-corrected chi connectivity index (χ3v) is 6.66. The molecular weight excluding hydrogens is 458 g/mol. The van der Waals surface area contributed by atoms with E-state index in [1.165, 1.54) is 4.90 Å². The summed E-state index contributed by atoms with van der Waals surface area (Å²) in [5.41, 5.74) is 3.35. The molecule has 0 radical (unpaired) electrons. The number of para-hydroxylation sites is 2. The molecule has 36 heavy (non-hydrogen) atoms. The van der Waals surface area contributed by atoms with Crippen LogP contribution in [0.25, 0.3) is 22.4 Å². The first-order chi connectivity index (χ1) is 17.2. The van der Waals surface area contributed by atoms with E-state index in [4.69, 9.17) is 9.72 Å². The van der Waals surface area contributed by atoms with Gasteiger partial charge in [-0.25, -0.2) is 9.78 Å². The number of fused-ring (bicyclic) bond motifs is 1. The average molecular weight is 492 g/mol. The van der Waals surface area contributed by atoms with Crippen molar-refractivity contribution in [2.24, 2.45) is 0 Å². The number of β-amino-alcohol motifs (C(OH)–C–C–N with tert-alkyl or cyclic N) is 1. The van der Waals surface area contributed by atoms with Gasteiger partial charge in [0, 0.05) is 43.9 Å². The largest absolute Gasteiger partial charge is 0.444 e. The molecule has 2 fully saturated rings. The van der Waals surface area contributed by atoms with Gasteiger partial charge in [0.15, 0.2) is 0 Å². The number of rotatable bonds is 3. The molecule has 0 spiro atoms. The van der Waals surface area contributed by atoms with E-state index in [9.17, 15) is 14.7 Å². The van der Waals surface area contributed by atoms with Crippen molar-refractivity contribution in [2.45, 2.75) is 44.9 Å². The van der Waals surface area contributed by atoms with Gasteiger partial charge < -0.3 is 24.6 Å². The van der Waals surface area contributed by atoms with E-state index in [0.29, 0.717) is 26.2 Å². The summed E-state index contributed by atoms with van der Waals surface area (Å²) in [6.07, 6.45) is -1.05. The minimum Gasteiger partial charge on any atom is -0.444 e. The fourth-order valence-corrected chi connectivity index (χ4v) is 4.91. The highest BCUT2D eigenvalue weighted by Crippen LogP contribution is 2.27. The molecule has 3 heterocycles. The van der Waals surface area contributed by atoms with Crippen LogP contribution in [0.4, 0.5) is 10.5 Å². The van der Waals surface area contributed by atoms with E-state index in [2.05, 4.69) is 22.0 Å². The van der Waals surface area contributed by atoms with Crippen molar-refractivity contribution in [3.8, 4) is 11.4 Å². The molecule has 0 aliphatic carbocycles. The molecular formula is C27H33N5O4. The minimum atomic E-state index is -0.728. The summed E-state index contributed by atoms with van der Waals surface area (Å²) < 4.78 is 5.47. The lowest BCUT2D eigenvalue weighted by molar-refractivity contribution is -0.136. The van der Waals surface area contributed by atoms with E-state index in [1.54, 1.807) is 25.7 Å². The highest BCUT2D eigenvalue weighted by atomic mass is 16.6. The smallest absolute Gasteiger partial charge is 0.411 e. The number of aromatic amines is 1. The van der Waals surface area contributed by atoms with Crippen molar-refractivity contribution in [3.05, 3.63) is 48.5 Å². The molecule has 9 heteroatoms. The van der Waals surface area contributed by atoms with Gasteiger partial charge in [0.25, 0.3) is 0 Å². The Morgan fingerprint density at radius 1 is 1.06 bits per heavy atom. The summed E-state index contributed by atoms with van der Waals surface area (Å²) >= 11 is 0. The molecule has 9 nitrogen and oxygen atoms in total. The molecule has 2 N–H and O–H groups in total. The fourth-order valence-electron chi connectivity index (χ4n) is 4.91. The summed E-state index contributed by atoms with van der Waals surface area (Å²) in [5.74, 6) is 0.696. The molecule has 5 rings (SSSR count). The van der Waals surface area contributed by atoms with Crippen molar-refractivity contribution in [2.75, 3.05) is 37.6 Å². The molecule has 2 aliphatic rings. The van der Waals surface area contributed by atoms with Gasteiger partial charge in [-0.05, 0) is 45.0 Å². The highest BCUT2D eigenvalue weighted by molar-refractivity contribution is 5.87. The van der Waals surface area contributed by atoms with Crippen LogP contribution in [0.15, 0.2) is 48.5 Å². The topological polar surface area (TPSA) is 102 Å². The van der Waals surface area contributed by atoms with Crippen LogP contribution in [0.1, 0.15) is 27.2 Å². The number of hydrogen-bond donors (Lipinski definition) is 2. The summed E-state index contributed by atoms with van der Waals surface area (Å²) in [4.78, 5) is 39.5. The normalized spacial score (nSPS) is 20.7. The van der Waals surface area contributed by atoms with Gasteiger partial charge in [-0.2, -0.15) is 0 Å². The fraction of sp³-hybridized carbons (Fsp3) is 0.444. The number of anilines is 1. The zero-order valence-electron chi connectivity index (χ0n) is 21.0. The Labute approximate surface area is 210 Å². The summed E-state index contributed by atoms with van der Waals surface area (Å²) in [6.45, 7) is 7.92. The number of nitrogens with one attached hydrogen (secondary N) is 1. The van der Waals surface area contributed by atoms with Crippen LogP contribution in [0.2, 0.25) is 0 Å². The Kier molecular flexibility index (Phi) is 6.34. The van der Waals surface area contributed by atoms with Crippen LogP contribution < -0.4 is 4.90 Å². The Morgan fingerprint density at radius 2 is 1.81 bits per heavy atom. The summed E-state index contributed by atoms with van der Waals surface area (Å²) in [6, 6.07) is 15.5. The Bertz CT molecular complexity index is 1230. The Morgan fingerprint density at radius 3 is 2.53 bits per heavy atom. The predicted molar refractivity (Wildman–Crippen MR) is 138 cm³/mol. The lowest BCUT2D eigenvalue weighted by Gasteiger charge is -2.38. The van der Waals surface area contributed by atoms with E-state index in [0.717, 1.165) is 28.1 Å². The molecule has 2 saturated heterocycles. The van der Waals surface area contributed by atoms with Crippen LogP contribution in [0.5, 0.6) is 0 Å². The standard InChI is InChI=1S/C27H33N5O4/c1-27(2,3)36-26(35)32-17-20(33)16-23(32)25(34)31-13-11-30(12-14-31)19-8-6-7-18(15-19)24-28-21-9-4-5-10-22(21)29-24/h4-10,15,20,23,33H,11-14,16-17H2,1-3H3,(H,28,29)/t20?,23-/m0/s1. The molecule has 2 atom stereocenters. The molecule has 2 aromatic carbocycles. The number of imidazole rings is 1. The van der Waals surface area contributed by atoms with E-state index < -0.39 is 23.8 Å². The van der Waals surface area contributed by atoms with E-state index >= 15 is 0 Å². The minimum absolute atomic E-state index is 0.111. The lowest BCUT2D eigenvalue weighted by Crippen LogP contribution is -2.54. The second-order valence-electron chi connectivity index (χ2n) is 10.5. The maximum atomic E-state index is 13.3. The number of carbonyl (C=O) groups is 2. The molecule has 190 valence electrons. The van der Waals surface area contributed by atoms with Crippen LogP contribution in [0, 0.1) is 0 Å². The third-order valence-electron chi connectivity index (χ3n) is 6.66. The SMILES string of the molecule is CC(C)(C)OC(=O)N1CC(O)C[C@H]1C(=O)N1CCN(c2cccc(-c3nc4ccccc4[nH]3)c2)CC1. The van der Waals surface area contributed by atoms with Crippen molar-refractivity contribution >= 4 is 28.7 Å². The molecule has 0 saturated carbocycles. The summed E-state index contributed by atoms with van der Waals surface area (Å²) in [7, 11) is 0. The van der Waals surface area contributed by atoms with Crippen LogP contribution in [-0.2, 0) is 9.53 Å². The molecule has 0 bridgehead atoms. The molecule has 1 aromatic heterocycles. The first-order valence-electron chi connectivity index (χ1n) is 12.4. The molecule has 2 aliphatic heterocycles. The number of aromatic nitrogens is 2. The number of carbonyl (C=O) groups excluding carboxylic acids is 2. The number of nitrogens with zero attached hydrogens (tertiary/aromatic N) is 4. The van der Waals surface area contributed by atoms with Gasteiger partial charge in [0.05, 0.1) is 23.7 Å². The van der Waals surface area contributed by atoms with Gasteiger partial charge in [0.2, 0.25) is 5.91 Å². The first-order valence-corrected chi connectivity index (χ1v) is 12.4. The summed E-state index contributed by atoms with van der Waals surface area (Å²) in [5, 5.41) is 10.2. The van der Waals surface area contributed by atoms with Gasteiger partial charge in [-0.15, -0.1) is 0 Å². The number of piperazine rings is 1. The quantitative estimate of drug-likeness (QED) is 0.583. The van der Waals surface area contributed by atoms with Gasteiger partial charge in [-0.1, -0.05) is 24.3 Å². The Balaban J connectivity index is 1.24. The molecule has 3 aromatic rings. The monoisotopic (exact) mass is 491 g/mol. The number of benzene rings is 2. The van der Waals surface area contributed by atoms with Crippen LogP contribution in [0.3, 0.4) is 0 Å². The van der Waals surface area contributed by atoms with Crippen LogP contribution in [-0.4, -0.2) is 87.3 Å². The maximum absolute atomic E-state index is 13.3. The van der Waals surface area contributed by atoms with E-state index in [1.807, 2.05) is 36.4 Å². The number of likely N-dealkylation sites (tertiary alicyclic amines) is 1. The van der Waals surface area contributed by atoms with Gasteiger partial charge >= 0.3 is 6.09 Å². The van der Waals surface area contributed by atoms with Crippen molar-refractivity contribution < 1.29 is 19.4 Å². The first kappa shape index (κ1) is 24.1. The third kappa shape index (κ3) is 5.02. The highest BCUT2D eigenvalue weighted by Gasteiger charge is 2.43. The average Bonchev–Trinajstić information content (AvgIpc) is 3.46. The number of aliphatic hydroxyl groups excluding tert-OH is 1. The maximum Gasteiger partial charge on any atom is 0.411 e. The number of H-pyrrole nitrogens is 1. The Hall–Kier alpha value is -3.59. The number of hydrogen-bond acceptors (Lipinski definition) is 6. The predicted octanol–water partition coefficient (Wildman–Crippen LogP) is 3.25. The number of ether oxygens (including phenoxy) is 1. The van der Waals surface area contributed by atoms with Crippen molar-refractivity contribution in [1.82, 2.24) is 19.8 Å². The number of aliphatic hydroxyl groups is 1. The zero-order chi connectivity index (χ0) is 25.4. The lowest BCUT2D eigenvalue weighted by atomic mass is 10.1. The second kappa shape index (κ2) is 9.46. The van der Waals surface area contributed by atoms with E-state index in [-0.39, 0.29) is 18.9 Å². The van der Waals surface area contributed by atoms with Crippen molar-refractivity contribution in [3.63, 3.8) is 0 Å². The van der Waals surface area contributed by atoms with Gasteiger partial charge in [0.1, 0.15) is 17.5 Å². The van der Waals surface area contributed by atoms with Crippen molar-refractivity contribution in [1.29, 1.82) is 0 Å².